The van der Waals surface area contributed by atoms with Crippen LogP contribution in [0, 0.1) is 12.7 Å². The molecule has 0 fully saturated rings. The largest absolute Gasteiger partial charge is 0.264 e. The number of nitrogens with zero attached hydrogens (tertiary/aromatic N) is 4. The monoisotopic (exact) mass is 304 g/mol. The quantitative estimate of drug-likeness (QED) is 0.564. The molecule has 0 atom stereocenters. The molecule has 0 N–H and O–H groups in total. The molecule has 0 saturated heterocycles. The van der Waals surface area contributed by atoms with Crippen molar-refractivity contribution in [2.75, 3.05) is 0 Å². The van der Waals surface area contributed by atoms with Gasteiger partial charge in [0.25, 0.3) is 0 Å². The minimum atomic E-state index is -0.246. The van der Waals surface area contributed by atoms with Gasteiger partial charge in [-0.3, -0.25) is 4.98 Å². The highest BCUT2D eigenvalue weighted by molar-refractivity contribution is 5.79. The second-order valence-corrected chi connectivity index (χ2v) is 5.32. The maximum absolute atomic E-state index is 13.3. The van der Waals surface area contributed by atoms with Gasteiger partial charge in [-0.25, -0.2) is 13.9 Å². The van der Waals surface area contributed by atoms with Crippen molar-refractivity contribution in [2.45, 2.75) is 6.92 Å². The summed E-state index contributed by atoms with van der Waals surface area (Å²) in [5, 5.41) is 4.41. The lowest BCUT2D eigenvalue weighted by Gasteiger charge is -2.07. The fraction of sp³-hybridized carbons (Fsp3) is 0.0556. The van der Waals surface area contributed by atoms with Crippen molar-refractivity contribution in [2.24, 2.45) is 0 Å². The topological polar surface area (TPSA) is 43.1 Å². The van der Waals surface area contributed by atoms with E-state index < -0.39 is 0 Å². The third kappa shape index (κ3) is 2.26. The summed E-state index contributed by atoms with van der Waals surface area (Å²) in [6.45, 7) is 1.88. The molecule has 0 spiro atoms. The van der Waals surface area contributed by atoms with Crippen LogP contribution in [0.1, 0.15) is 5.56 Å². The summed E-state index contributed by atoms with van der Waals surface area (Å²) in [5.41, 5.74) is 5.28. The summed E-state index contributed by atoms with van der Waals surface area (Å²) in [5.74, 6) is -0.246. The van der Waals surface area contributed by atoms with Gasteiger partial charge in [0.2, 0.25) is 0 Å². The maximum Gasteiger partial charge on any atom is 0.162 e. The summed E-state index contributed by atoms with van der Waals surface area (Å²) < 4.78 is 15.1. The number of aromatic nitrogens is 4. The molecule has 3 aromatic heterocycles. The van der Waals surface area contributed by atoms with E-state index in [0.29, 0.717) is 0 Å². The van der Waals surface area contributed by atoms with E-state index in [1.165, 1.54) is 12.1 Å². The van der Waals surface area contributed by atoms with Crippen LogP contribution < -0.4 is 0 Å². The summed E-state index contributed by atoms with van der Waals surface area (Å²) in [6.07, 6.45) is 7.04. The predicted molar refractivity (Wildman–Crippen MR) is 86.3 cm³/mol. The van der Waals surface area contributed by atoms with Gasteiger partial charge in [0.15, 0.2) is 5.65 Å². The molecule has 0 bridgehead atoms. The van der Waals surface area contributed by atoms with E-state index in [1.807, 2.05) is 25.1 Å². The molecule has 4 rings (SSSR count). The van der Waals surface area contributed by atoms with Crippen LogP contribution in [0.2, 0.25) is 0 Å². The molecule has 0 aliphatic heterocycles. The first-order valence-corrected chi connectivity index (χ1v) is 7.24. The van der Waals surface area contributed by atoms with E-state index in [4.69, 9.17) is 0 Å². The second kappa shape index (κ2) is 5.28. The van der Waals surface area contributed by atoms with E-state index in [1.54, 1.807) is 35.4 Å². The predicted octanol–water partition coefficient (Wildman–Crippen LogP) is 3.91. The minimum absolute atomic E-state index is 0.246. The first-order chi connectivity index (χ1) is 11.2. The number of fused-ring (bicyclic) bond motifs is 1. The molecule has 112 valence electrons. The van der Waals surface area contributed by atoms with Crippen LogP contribution in [-0.4, -0.2) is 19.6 Å². The zero-order valence-corrected chi connectivity index (χ0v) is 12.4. The molecule has 3 heterocycles. The molecule has 5 heteroatoms. The van der Waals surface area contributed by atoms with Crippen LogP contribution in [0.4, 0.5) is 4.39 Å². The lowest BCUT2D eigenvalue weighted by Crippen LogP contribution is -1.97. The minimum Gasteiger partial charge on any atom is -0.264 e. The van der Waals surface area contributed by atoms with Crippen molar-refractivity contribution in [3.05, 3.63) is 72.6 Å². The Kier molecular flexibility index (Phi) is 3.12. The summed E-state index contributed by atoms with van der Waals surface area (Å²) in [7, 11) is 0. The van der Waals surface area contributed by atoms with E-state index >= 15 is 0 Å². The molecule has 1 aromatic carbocycles. The van der Waals surface area contributed by atoms with Crippen LogP contribution in [0.15, 0.2) is 61.2 Å². The standard InChI is InChI=1S/C18H13FN4/c1-12-9-14(19)4-5-15(12)17-11-21-18-16(6-8-22-23(17)18)13-3-2-7-20-10-13/h2-11H,1H3. The van der Waals surface area contributed by atoms with Gasteiger partial charge in [0.1, 0.15) is 5.82 Å². The van der Waals surface area contributed by atoms with Gasteiger partial charge in [-0.05, 0) is 42.8 Å². The molecule has 23 heavy (non-hydrogen) atoms. The van der Waals surface area contributed by atoms with E-state index in [9.17, 15) is 4.39 Å². The van der Waals surface area contributed by atoms with Gasteiger partial charge in [0.05, 0.1) is 11.9 Å². The normalized spacial score (nSPS) is 11.0. The Bertz CT molecular complexity index is 993. The second-order valence-electron chi connectivity index (χ2n) is 5.32. The van der Waals surface area contributed by atoms with E-state index in [-0.39, 0.29) is 5.82 Å². The Morgan fingerprint density at radius 3 is 2.70 bits per heavy atom. The zero-order valence-electron chi connectivity index (χ0n) is 12.4. The van der Waals surface area contributed by atoms with Crippen molar-refractivity contribution in [3.8, 4) is 22.4 Å². The van der Waals surface area contributed by atoms with Crippen molar-refractivity contribution in [1.82, 2.24) is 19.6 Å². The average molecular weight is 304 g/mol. The van der Waals surface area contributed by atoms with Crippen molar-refractivity contribution >= 4 is 5.65 Å². The van der Waals surface area contributed by atoms with Gasteiger partial charge < -0.3 is 0 Å². The number of hydrogen-bond donors (Lipinski definition) is 0. The molecule has 0 aliphatic carbocycles. The average Bonchev–Trinajstić information content (AvgIpc) is 2.99. The highest BCUT2D eigenvalue weighted by Gasteiger charge is 2.13. The fourth-order valence-corrected chi connectivity index (χ4v) is 2.74. The van der Waals surface area contributed by atoms with Gasteiger partial charge >= 0.3 is 0 Å². The Morgan fingerprint density at radius 1 is 1.00 bits per heavy atom. The Morgan fingerprint density at radius 2 is 1.91 bits per heavy atom. The Balaban J connectivity index is 1.95. The molecule has 4 nitrogen and oxygen atoms in total. The third-order valence-corrected chi connectivity index (χ3v) is 3.84. The lowest BCUT2D eigenvalue weighted by atomic mass is 10.1. The van der Waals surface area contributed by atoms with Crippen LogP contribution in [0.25, 0.3) is 28.0 Å². The van der Waals surface area contributed by atoms with Gasteiger partial charge in [-0.1, -0.05) is 6.07 Å². The number of aryl methyl sites for hydroxylation is 1. The number of imidazole rings is 1. The number of benzene rings is 1. The first kappa shape index (κ1) is 13.6. The summed E-state index contributed by atoms with van der Waals surface area (Å²) in [4.78, 5) is 8.67. The number of halogens is 1. The lowest BCUT2D eigenvalue weighted by molar-refractivity contribution is 0.627. The Hall–Kier alpha value is -3.08. The molecular formula is C18H13FN4. The summed E-state index contributed by atoms with van der Waals surface area (Å²) in [6, 6.07) is 10.5. The van der Waals surface area contributed by atoms with E-state index in [0.717, 1.165) is 33.6 Å². The molecule has 0 radical (unpaired) electrons. The third-order valence-electron chi connectivity index (χ3n) is 3.84. The number of rotatable bonds is 2. The van der Waals surface area contributed by atoms with Crippen LogP contribution >= 0.6 is 0 Å². The highest BCUT2D eigenvalue weighted by atomic mass is 19.1. The Labute approximate surface area is 132 Å². The maximum atomic E-state index is 13.3. The highest BCUT2D eigenvalue weighted by Crippen LogP contribution is 2.28. The molecule has 0 amide bonds. The molecule has 4 aromatic rings. The van der Waals surface area contributed by atoms with Crippen molar-refractivity contribution in [1.29, 1.82) is 0 Å². The molecule has 0 saturated carbocycles. The van der Waals surface area contributed by atoms with Gasteiger partial charge in [-0.15, -0.1) is 0 Å². The number of pyridine rings is 1. The summed E-state index contributed by atoms with van der Waals surface area (Å²) >= 11 is 0. The SMILES string of the molecule is Cc1cc(F)ccc1-c1cnc2c(-c3cccnc3)ccnn12. The number of hydrogen-bond acceptors (Lipinski definition) is 3. The first-order valence-electron chi connectivity index (χ1n) is 7.24. The molecule has 0 unspecified atom stereocenters. The fourth-order valence-electron chi connectivity index (χ4n) is 2.74. The molecule has 0 aliphatic rings. The zero-order chi connectivity index (χ0) is 15.8. The van der Waals surface area contributed by atoms with Crippen LogP contribution in [0.5, 0.6) is 0 Å². The van der Waals surface area contributed by atoms with Gasteiger partial charge in [0, 0.05) is 35.3 Å². The van der Waals surface area contributed by atoms with Crippen LogP contribution in [0.3, 0.4) is 0 Å². The molecular weight excluding hydrogens is 291 g/mol. The van der Waals surface area contributed by atoms with Crippen molar-refractivity contribution in [3.63, 3.8) is 0 Å². The smallest absolute Gasteiger partial charge is 0.162 e. The van der Waals surface area contributed by atoms with E-state index in [2.05, 4.69) is 15.1 Å². The van der Waals surface area contributed by atoms with Gasteiger partial charge in [-0.2, -0.15) is 5.10 Å². The van der Waals surface area contributed by atoms with Crippen LogP contribution in [-0.2, 0) is 0 Å². The van der Waals surface area contributed by atoms with Crippen molar-refractivity contribution < 1.29 is 4.39 Å².